The molecule has 0 aliphatic heterocycles. The van der Waals surface area contributed by atoms with Gasteiger partial charge in [-0.05, 0) is 0 Å². The first-order chi connectivity index (χ1) is 5.09. The Morgan fingerprint density at radius 2 is 2.18 bits per heavy atom. The highest BCUT2D eigenvalue weighted by Gasteiger charge is 2.10. The minimum atomic E-state index is -0.680. The third-order valence-electron chi connectivity index (χ3n) is 1.01. The van der Waals surface area contributed by atoms with Gasteiger partial charge in [-0.2, -0.15) is 4.73 Å². The highest BCUT2D eigenvalue weighted by molar-refractivity contribution is 6.30. The molecule has 58 valence electrons. The van der Waals surface area contributed by atoms with E-state index in [1.54, 1.807) is 0 Å². The maximum absolute atomic E-state index is 10.5. The Bertz CT molecular complexity index is 282. The lowest BCUT2D eigenvalue weighted by atomic mass is 10.4. The van der Waals surface area contributed by atoms with E-state index in [0.717, 1.165) is 18.5 Å². The topological polar surface area (TPSA) is 70.1 Å². The molecule has 0 bridgehead atoms. The van der Waals surface area contributed by atoms with Gasteiger partial charge in [0.25, 0.3) is 6.20 Å². The van der Waals surface area contributed by atoms with E-state index in [1.807, 2.05) is 0 Å². The van der Waals surface area contributed by atoms with Gasteiger partial charge in [-0.3, -0.25) is 10.1 Å². The van der Waals surface area contributed by atoms with E-state index in [-0.39, 0.29) is 10.7 Å². The summed E-state index contributed by atoms with van der Waals surface area (Å²) in [5, 5.41) is 20.7. The molecule has 0 N–H and O–H groups in total. The minimum absolute atomic E-state index is 0.0502. The second-order valence-corrected chi connectivity index (χ2v) is 2.27. The zero-order valence-electron chi connectivity index (χ0n) is 5.23. The highest BCUT2D eigenvalue weighted by Crippen LogP contribution is 2.13. The molecule has 1 aromatic heterocycles. The second kappa shape index (κ2) is 2.71. The summed E-state index contributed by atoms with van der Waals surface area (Å²) < 4.78 is 0.292. The smallest absolute Gasteiger partial charge is 0.335 e. The molecule has 11 heavy (non-hydrogen) atoms. The molecule has 0 fully saturated rings. The van der Waals surface area contributed by atoms with Gasteiger partial charge in [0.05, 0.1) is 4.92 Å². The predicted octanol–water partition coefficient (Wildman–Crippen LogP) is 0.882. The van der Waals surface area contributed by atoms with E-state index < -0.39 is 4.92 Å². The summed E-state index contributed by atoms with van der Waals surface area (Å²) >= 11 is 5.37. The van der Waals surface area contributed by atoms with Gasteiger partial charge in [0.1, 0.15) is 5.02 Å². The van der Waals surface area contributed by atoms with Crippen molar-refractivity contribution in [2.45, 2.75) is 0 Å². The van der Waals surface area contributed by atoms with Crippen molar-refractivity contribution in [3.63, 3.8) is 0 Å². The maximum Gasteiger partial charge on any atom is 0.335 e. The van der Waals surface area contributed by atoms with E-state index in [0.29, 0.717) is 4.73 Å². The van der Waals surface area contributed by atoms with Crippen LogP contribution in [0.15, 0.2) is 18.5 Å². The van der Waals surface area contributed by atoms with E-state index in [4.69, 9.17) is 11.6 Å². The molecule has 0 unspecified atom stereocenters. The third kappa shape index (κ3) is 1.78. The Hall–Kier alpha value is -1.36. The van der Waals surface area contributed by atoms with Gasteiger partial charge < -0.3 is 5.21 Å². The molecule has 0 aromatic carbocycles. The van der Waals surface area contributed by atoms with Crippen LogP contribution in [0.3, 0.4) is 0 Å². The number of halogens is 1. The van der Waals surface area contributed by atoms with Crippen LogP contribution in [0.2, 0.25) is 5.02 Å². The number of hydrogen-bond donors (Lipinski definition) is 0. The Balaban J connectivity index is 3.19. The Labute approximate surface area is 66.6 Å². The van der Waals surface area contributed by atoms with Crippen molar-refractivity contribution in [2.24, 2.45) is 0 Å². The van der Waals surface area contributed by atoms with Crippen LogP contribution < -0.4 is 4.73 Å². The van der Waals surface area contributed by atoms with Crippen LogP contribution in [-0.4, -0.2) is 4.92 Å². The minimum Gasteiger partial charge on any atom is -0.618 e. The molecule has 6 heteroatoms. The fourth-order valence-electron chi connectivity index (χ4n) is 0.605. The summed E-state index contributed by atoms with van der Waals surface area (Å²) in [4.78, 5) is 9.42. The summed E-state index contributed by atoms with van der Waals surface area (Å²) in [5.74, 6) is 0. The number of nitrogens with zero attached hydrogens (tertiary/aromatic N) is 2. The quantitative estimate of drug-likeness (QED) is 0.275. The summed E-state index contributed by atoms with van der Waals surface area (Å²) in [5.41, 5.74) is -0.312. The van der Waals surface area contributed by atoms with Crippen LogP contribution in [0.1, 0.15) is 0 Å². The van der Waals surface area contributed by atoms with Crippen molar-refractivity contribution in [1.29, 1.82) is 0 Å². The van der Waals surface area contributed by atoms with Crippen LogP contribution in [0, 0.1) is 15.3 Å². The Morgan fingerprint density at radius 3 is 2.64 bits per heavy atom. The molecule has 0 saturated heterocycles. The number of aromatic nitrogens is 1. The second-order valence-electron chi connectivity index (χ2n) is 1.83. The standard InChI is InChI=1S/C5H3ClN2O3/c6-4-1-5(8(10)11)3-7(9)2-4/h1-3H. The van der Waals surface area contributed by atoms with Gasteiger partial charge >= 0.3 is 5.69 Å². The predicted molar refractivity (Wildman–Crippen MR) is 37.1 cm³/mol. The number of rotatable bonds is 1. The molecule has 0 aliphatic rings. The summed E-state index contributed by atoms with van der Waals surface area (Å²) in [6, 6.07) is 1.11. The first-order valence-electron chi connectivity index (χ1n) is 2.63. The normalized spacial score (nSPS) is 9.55. The molecule has 0 radical (unpaired) electrons. The van der Waals surface area contributed by atoms with Crippen molar-refractivity contribution < 1.29 is 9.65 Å². The summed E-state index contributed by atoms with van der Waals surface area (Å²) in [7, 11) is 0. The van der Waals surface area contributed by atoms with E-state index in [9.17, 15) is 15.3 Å². The van der Waals surface area contributed by atoms with Crippen molar-refractivity contribution in [3.05, 3.63) is 38.8 Å². The molecule has 0 spiro atoms. The van der Waals surface area contributed by atoms with Crippen LogP contribution in [0.5, 0.6) is 0 Å². The van der Waals surface area contributed by atoms with Gasteiger partial charge in [-0.15, -0.1) is 0 Å². The monoisotopic (exact) mass is 174 g/mol. The molecule has 0 atom stereocenters. The van der Waals surface area contributed by atoms with Crippen LogP contribution in [-0.2, 0) is 0 Å². The Kier molecular flexibility index (Phi) is 1.91. The van der Waals surface area contributed by atoms with Crippen LogP contribution in [0.25, 0.3) is 0 Å². The van der Waals surface area contributed by atoms with Gasteiger partial charge in [0, 0.05) is 6.07 Å². The Morgan fingerprint density at radius 1 is 1.55 bits per heavy atom. The van der Waals surface area contributed by atoms with E-state index >= 15 is 0 Å². The highest BCUT2D eigenvalue weighted by atomic mass is 35.5. The zero-order chi connectivity index (χ0) is 8.43. The molecule has 1 aromatic rings. The van der Waals surface area contributed by atoms with Gasteiger partial charge in [-0.1, -0.05) is 11.6 Å². The van der Waals surface area contributed by atoms with Gasteiger partial charge in [0.15, 0.2) is 6.20 Å². The molecule has 0 saturated carbocycles. The third-order valence-corrected chi connectivity index (χ3v) is 1.21. The van der Waals surface area contributed by atoms with Crippen LogP contribution in [0.4, 0.5) is 5.69 Å². The number of hydrogen-bond acceptors (Lipinski definition) is 3. The summed E-state index contributed by atoms with van der Waals surface area (Å²) in [6.07, 6.45) is 1.88. The summed E-state index contributed by atoms with van der Waals surface area (Å²) in [6.45, 7) is 0. The first kappa shape index (κ1) is 7.74. The molecule has 5 nitrogen and oxygen atoms in total. The average Bonchev–Trinajstić information content (AvgIpc) is 1.85. The van der Waals surface area contributed by atoms with Crippen molar-refractivity contribution in [3.8, 4) is 0 Å². The van der Waals surface area contributed by atoms with Crippen molar-refractivity contribution >= 4 is 17.3 Å². The lowest BCUT2D eigenvalue weighted by Gasteiger charge is -1.94. The molecule has 0 aliphatic carbocycles. The fourth-order valence-corrected chi connectivity index (χ4v) is 0.813. The molecule has 1 heterocycles. The molecular formula is C5H3ClN2O3. The average molecular weight is 175 g/mol. The van der Waals surface area contributed by atoms with Crippen molar-refractivity contribution in [2.75, 3.05) is 0 Å². The van der Waals surface area contributed by atoms with E-state index in [1.165, 1.54) is 0 Å². The molecular weight excluding hydrogens is 172 g/mol. The number of nitro groups is 1. The maximum atomic E-state index is 10.5. The van der Waals surface area contributed by atoms with E-state index in [2.05, 4.69) is 0 Å². The van der Waals surface area contributed by atoms with Gasteiger partial charge in [-0.25, -0.2) is 0 Å². The van der Waals surface area contributed by atoms with Crippen LogP contribution >= 0.6 is 11.6 Å². The molecule has 1 rings (SSSR count). The molecule has 0 amide bonds. The van der Waals surface area contributed by atoms with Crippen molar-refractivity contribution in [1.82, 2.24) is 0 Å². The lowest BCUT2D eigenvalue weighted by Crippen LogP contribution is -2.24. The lowest BCUT2D eigenvalue weighted by molar-refractivity contribution is -0.609. The van der Waals surface area contributed by atoms with Gasteiger partial charge in [0.2, 0.25) is 0 Å². The SMILES string of the molecule is O=[N+]([O-])c1cc(Cl)c[n+]([O-])c1. The zero-order valence-corrected chi connectivity index (χ0v) is 5.99. The number of pyridine rings is 1. The first-order valence-corrected chi connectivity index (χ1v) is 3.01. The largest absolute Gasteiger partial charge is 0.618 e. The fraction of sp³-hybridized carbons (Fsp3) is 0.